The lowest BCUT2D eigenvalue weighted by molar-refractivity contribution is -0.139. The molecule has 45 heavy (non-hydrogen) atoms. The molecule has 4 rings (SSSR count). The summed E-state index contributed by atoms with van der Waals surface area (Å²) in [6, 6.07) is 22.2. The zero-order valence-corrected chi connectivity index (χ0v) is 25.3. The van der Waals surface area contributed by atoms with Crippen LogP contribution in [0.1, 0.15) is 22.3 Å². The molecule has 0 saturated heterocycles. The van der Waals surface area contributed by atoms with Gasteiger partial charge in [0.25, 0.3) is 10.0 Å². The SMILES string of the molecule is CNC(=O)C(Cc1ccccc1)N(Cc1ccc(F)cc1)C(=O)CN(c1cccc(C(F)(F)F)c1)S(=O)(=O)c1ccc(C)cc1. The molecule has 7 nitrogen and oxygen atoms in total. The highest BCUT2D eigenvalue weighted by Gasteiger charge is 2.36. The van der Waals surface area contributed by atoms with E-state index in [1.807, 2.05) is 0 Å². The molecule has 4 aromatic rings. The smallest absolute Gasteiger partial charge is 0.357 e. The number of hydrogen-bond acceptors (Lipinski definition) is 4. The number of amides is 2. The van der Waals surface area contributed by atoms with E-state index in [0.29, 0.717) is 21.5 Å². The van der Waals surface area contributed by atoms with Crippen molar-refractivity contribution < 1.29 is 35.6 Å². The van der Waals surface area contributed by atoms with E-state index < -0.39 is 52.0 Å². The second-order valence-electron chi connectivity index (χ2n) is 10.3. The highest BCUT2D eigenvalue weighted by Crippen LogP contribution is 2.33. The van der Waals surface area contributed by atoms with Crippen LogP contribution in [-0.2, 0) is 38.8 Å². The maximum atomic E-state index is 14.2. The minimum Gasteiger partial charge on any atom is -0.357 e. The molecule has 0 radical (unpaired) electrons. The van der Waals surface area contributed by atoms with Gasteiger partial charge in [-0.3, -0.25) is 13.9 Å². The van der Waals surface area contributed by atoms with Gasteiger partial charge in [0.05, 0.1) is 16.1 Å². The zero-order chi connectivity index (χ0) is 32.8. The molecule has 0 spiro atoms. The van der Waals surface area contributed by atoms with Gasteiger partial charge in [0, 0.05) is 20.0 Å². The van der Waals surface area contributed by atoms with E-state index >= 15 is 0 Å². The van der Waals surface area contributed by atoms with Crippen LogP contribution in [0, 0.1) is 12.7 Å². The molecule has 4 aromatic carbocycles. The Bertz CT molecular complexity index is 1730. The third-order valence-corrected chi connectivity index (χ3v) is 8.92. The molecule has 1 N–H and O–H groups in total. The van der Waals surface area contributed by atoms with Gasteiger partial charge in [0.1, 0.15) is 18.4 Å². The molecule has 0 saturated carbocycles. The van der Waals surface area contributed by atoms with Gasteiger partial charge >= 0.3 is 6.18 Å². The summed E-state index contributed by atoms with van der Waals surface area (Å²) < 4.78 is 83.3. The number of carbonyl (C=O) groups excluding carboxylic acids is 2. The summed E-state index contributed by atoms with van der Waals surface area (Å²) in [7, 11) is -3.20. The monoisotopic (exact) mass is 641 g/mol. The van der Waals surface area contributed by atoms with E-state index in [4.69, 9.17) is 0 Å². The van der Waals surface area contributed by atoms with E-state index in [-0.39, 0.29) is 23.5 Å². The number of likely N-dealkylation sites (N-methyl/N-ethyl adjacent to an activating group) is 1. The largest absolute Gasteiger partial charge is 0.416 e. The van der Waals surface area contributed by atoms with Gasteiger partial charge in [-0.25, -0.2) is 12.8 Å². The van der Waals surface area contributed by atoms with Gasteiger partial charge in [0.15, 0.2) is 0 Å². The summed E-state index contributed by atoms with van der Waals surface area (Å²) in [5.74, 6) is -1.94. The third-order valence-electron chi connectivity index (χ3n) is 7.13. The first kappa shape index (κ1) is 33.2. The second kappa shape index (κ2) is 13.9. The molecule has 0 bridgehead atoms. The summed E-state index contributed by atoms with van der Waals surface area (Å²) in [5.41, 5.74) is 0.395. The average Bonchev–Trinajstić information content (AvgIpc) is 3.02. The highest BCUT2D eigenvalue weighted by molar-refractivity contribution is 7.92. The van der Waals surface area contributed by atoms with Gasteiger partial charge in [-0.05, 0) is 60.5 Å². The van der Waals surface area contributed by atoms with Crippen LogP contribution < -0.4 is 9.62 Å². The van der Waals surface area contributed by atoms with Gasteiger partial charge in [-0.15, -0.1) is 0 Å². The standard InChI is InChI=1S/C33H31F4N3O4S/c1-23-11-17-29(18-12-23)45(43,44)40(28-10-6-9-26(20-28)33(35,36)37)22-31(41)39(21-25-13-15-27(34)16-14-25)30(32(42)38-2)19-24-7-4-3-5-8-24/h3-18,20,30H,19,21-22H2,1-2H3,(H,38,42). The van der Waals surface area contributed by atoms with Crippen LogP contribution in [-0.4, -0.2) is 44.8 Å². The number of hydrogen-bond donors (Lipinski definition) is 1. The van der Waals surface area contributed by atoms with Crippen LogP contribution in [0.3, 0.4) is 0 Å². The molecule has 1 atom stereocenters. The van der Waals surface area contributed by atoms with E-state index in [9.17, 15) is 35.6 Å². The number of halogens is 4. The molecule has 236 valence electrons. The second-order valence-corrected chi connectivity index (χ2v) is 12.2. The van der Waals surface area contributed by atoms with Gasteiger partial charge in [0.2, 0.25) is 11.8 Å². The van der Waals surface area contributed by atoms with Gasteiger partial charge in [-0.1, -0.05) is 66.2 Å². The molecule has 0 aliphatic heterocycles. The number of anilines is 1. The fourth-order valence-electron chi connectivity index (χ4n) is 4.71. The first-order valence-electron chi connectivity index (χ1n) is 13.9. The molecule has 0 aliphatic carbocycles. The first-order chi connectivity index (χ1) is 21.3. The Labute approximate surface area is 259 Å². The number of nitrogens with zero attached hydrogens (tertiary/aromatic N) is 2. The lowest BCUT2D eigenvalue weighted by Gasteiger charge is -2.33. The number of aryl methyl sites for hydroxylation is 1. The van der Waals surface area contributed by atoms with E-state index in [2.05, 4.69) is 5.32 Å². The minimum absolute atomic E-state index is 0.0434. The quantitative estimate of drug-likeness (QED) is 0.212. The molecule has 1 unspecified atom stereocenters. The van der Waals surface area contributed by atoms with Crippen molar-refractivity contribution >= 4 is 27.5 Å². The van der Waals surface area contributed by atoms with E-state index in [0.717, 1.165) is 22.6 Å². The Kier molecular flexibility index (Phi) is 10.3. The van der Waals surface area contributed by atoms with Crippen LogP contribution in [0.25, 0.3) is 0 Å². The van der Waals surface area contributed by atoms with Gasteiger partial charge in [-0.2, -0.15) is 13.2 Å². The van der Waals surface area contributed by atoms with Crippen molar-refractivity contribution in [1.82, 2.24) is 10.2 Å². The molecule has 0 heterocycles. The summed E-state index contributed by atoms with van der Waals surface area (Å²) in [5, 5.41) is 2.54. The molecule has 0 aliphatic rings. The maximum Gasteiger partial charge on any atom is 0.416 e. The first-order valence-corrected chi connectivity index (χ1v) is 15.3. The van der Waals surface area contributed by atoms with E-state index in [1.54, 1.807) is 37.3 Å². The molecular weight excluding hydrogens is 610 g/mol. The molecule has 0 aromatic heterocycles. The van der Waals surface area contributed by atoms with Crippen LogP contribution in [0.2, 0.25) is 0 Å². The molecule has 12 heteroatoms. The number of sulfonamides is 1. The van der Waals surface area contributed by atoms with Crippen LogP contribution >= 0.6 is 0 Å². The maximum absolute atomic E-state index is 14.2. The fraction of sp³-hybridized carbons (Fsp3) is 0.212. The van der Waals surface area contributed by atoms with Crippen molar-refractivity contribution in [2.75, 3.05) is 17.9 Å². The summed E-state index contributed by atoms with van der Waals surface area (Å²) >= 11 is 0. The predicted molar refractivity (Wildman–Crippen MR) is 162 cm³/mol. The van der Waals surface area contributed by atoms with E-state index in [1.165, 1.54) is 61.6 Å². The molecule has 0 fully saturated rings. The fourth-order valence-corrected chi connectivity index (χ4v) is 6.12. The molecular formula is C33H31F4N3O4S. The summed E-state index contributed by atoms with van der Waals surface area (Å²) in [6.45, 7) is 0.593. The van der Waals surface area contributed by atoms with Crippen molar-refractivity contribution in [3.05, 3.63) is 131 Å². The lowest BCUT2D eigenvalue weighted by Crippen LogP contribution is -2.53. The Morgan fingerprint density at radius 3 is 2.09 bits per heavy atom. The third kappa shape index (κ3) is 8.27. The Hall–Kier alpha value is -4.71. The highest BCUT2D eigenvalue weighted by atomic mass is 32.2. The van der Waals surface area contributed by atoms with Crippen LogP contribution in [0.5, 0.6) is 0 Å². The lowest BCUT2D eigenvalue weighted by atomic mass is 10.0. The average molecular weight is 642 g/mol. The normalized spacial score (nSPS) is 12.3. The van der Waals surface area contributed by atoms with Crippen LogP contribution in [0.4, 0.5) is 23.2 Å². The van der Waals surface area contributed by atoms with Crippen molar-refractivity contribution in [1.29, 1.82) is 0 Å². The zero-order valence-electron chi connectivity index (χ0n) is 24.5. The number of benzene rings is 4. The number of carbonyl (C=O) groups is 2. The number of rotatable bonds is 11. The Morgan fingerprint density at radius 1 is 0.844 bits per heavy atom. The summed E-state index contributed by atoms with van der Waals surface area (Å²) in [4.78, 5) is 28.4. The minimum atomic E-state index is -4.78. The van der Waals surface area contributed by atoms with Crippen LogP contribution in [0.15, 0.2) is 108 Å². The van der Waals surface area contributed by atoms with Crippen molar-refractivity contribution in [2.24, 2.45) is 0 Å². The van der Waals surface area contributed by atoms with Crippen molar-refractivity contribution in [3.63, 3.8) is 0 Å². The summed E-state index contributed by atoms with van der Waals surface area (Å²) in [6.07, 6.45) is -4.74. The van der Waals surface area contributed by atoms with Crippen molar-refractivity contribution in [2.45, 2.75) is 37.0 Å². The van der Waals surface area contributed by atoms with Gasteiger partial charge < -0.3 is 10.2 Å². The Morgan fingerprint density at radius 2 is 1.49 bits per heavy atom. The number of nitrogens with one attached hydrogen (secondary N) is 1. The number of alkyl halides is 3. The Balaban J connectivity index is 1.82. The predicted octanol–water partition coefficient (Wildman–Crippen LogP) is 5.73. The molecule has 2 amide bonds. The topological polar surface area (TPSA) is 86.8 Å². The van der Waals surface area contributed by atoms with Crippen molar-refractivity contribution in [3.8, 4) is 0 Å².